The maximum Gasteiger partial charge on any atom is 0.254 e. The van der Waals surface area contributed by atoms with Crippen LogP contribution in [0.15, 0.2) is 48.5 Å². The summed E-state index contributed by atoms with van der Waals surface area (Å²) in [7, 11) is 1.67. The van der Waals surface area contributed by atoms with Crippen molar-refractivity contribution in [3.63, 3.8) is 0 Å². The zero-order valence-corrected chi connectivity index (χ0v) is 14.9. The van der Waals surface area contributed by atoms with Crippen molar-refractivity contribution in [3.05, 3.63) is 65.5 Å². The first-order valence-electron chi connectivity index (χ1n) is 9.04. The highest BCUT2D eigenvalue weighted by molar-refractivity contribution is 5.94. The van der Waals surface area contributed by atoms with E-state index in [0.29, 0.717) is 24.1 Å². The molecule has 0 saturated carbocycles. The predicted octanol–water partition coefficient (Wildman–Crippen LogP) is 3.18. The first-order valence-corrected chi connectivity index (χ1v) is 9.04. The van der Waals surface area contributed by atoms with E-state index in [1.165, 1.54) is 17.7 Å². The van der Waals surface area contributed by atoms with Crippen LogP contribution in [0.4, 0.5) is 4.39 Å². The summed E-state index contributed by atoms with van der Waals surface area (Å²) >= 11 is 0. The van der Waals surface area contributed by atoms with E-state index in [2.05, 4.69) is 17.0 Å². The Balaban J connectivity index is 1.43. The minimum absolute atomic E-state index is 0.0644. The molecule has 0 N–H and O–H groups in total. The van der Waals surface area contributed by atoms with Gasteiger partial charge in [-0.3, -0.25) is 9.69 Å². The number of methoxy groups -OCH3 is 1. The van der Waals surface area contributed by atoms with Gasteiger partial charge in [0.15, 0.2) is 0 Å². The average molecular weight is 354 g/mol. The third kappa shape index (κ3) is 3.44. The molecule has 0 radical (unpaired) electrons. The fourth-order valence-electron chi connectivity index (χ4n) is 4.18. The van der Waals surface area contributed by atoms with Gasteiger partial charge in [-0.1, -0.05) is 18.2 Å². The van der Waals surface area contributed by atoms with E-state index in [0.717, 1.165) is 31.8 Å². The summed E-state index contributed by atoms with van der Waals surface area (Å²) in [4.78, 5) is 17.1. The van der Waals surface area contributed by atoms with Crippen molar-refractivity contribution >= 4 is 5.91 Å². The molecule has 0 unspecified atom stereocenters. The van der Waals surface area contributed by atoms with Gasteiger partial charge in [0.2, 0.25) is 0 Å². The number of hydrogen-bond donors (Lipinski definition) is 0. The number of benzene rings is 2. The molecule has 0 spiro atoms. The number of halogens is 1. The van der Waals surface area contributed by atoms with Gasteiger partial charge >= 0.3 is 0 Å². The molecule has 4 rings (SSSR count). The number of likely N-dealkylation sites (tertiary alicyclic amines) is 2. The molecule has 4 nitrogen and oxygen atoms in total. The molecule has 2 bridgehead atoms. The SMILES string of the molecule is COc1ccc(CN2C[C@H]3C[C@H]2CN(C(=O)c2cccc(F)c2)C3)cc1. The molecule has 2 heterocycles. The molecule has 1 amide bonds. The van der Waals surface area contributed by atoms with E-state index in [-0.39, 0.29) is 11.7 Å². The lowest BCUT2D eigenvalue weighted by Crippen LogP contribution is -2.45. The number of fused-ring (bicyclic) bond motifs is 2. The molecular weight excluding hydrogens is 331 g/mol. The minimum Gasteiger partial charge on any atom is -0.497 e. The van der Waals surface area contributed by atoms with Crippen molar-refractivity contribution in [1.29, 1.82) is 0 Å². The number of ether oxygens (including phenoxy) is 1. The summed E-state index contributed by atoms with van der Waals surface area (Å²) < 4.78 is 18.6. The third-order valence-electron chi connectivity index (χ3n) is 5.43. The van der Waals surface area contributed by atoms with Gasteiger partial charge in [-0.05, 0) is 48.2 Å². The Morgan fingerprint density at radius 1 is 1.15 bits per heavy atom. The van der Waals surface area contributed by atoms with Crippen molar-refractivity contribution < 1.29 is 13.9 Å². The van der Waals surface area contributed by atoms with Gasteiger partial charge in [0, 0.05) is 37.8 Å². The molecule has 136 valence electrons. The summed E-state index contributed by atoms with van der Waals surface area (Å²) in [5, 5.41) is 0. The van der Waals surface area contributed by atoms with Gasteiger partial charge in [0.25, 0.3) is 5.91 Å². The van der Waals surface area contributed by atoms with E-state index in [1.54, 1.807) is 19.2 Å². The topological polar surface area (TPSA) is 32.8 Å². The van der Waals surface area contributed by atoms with Crippen molar-refractivity contribution in [2.75, 3.05) is 26.7 Å². The minimum atomic E-state index is -0.364. The molecule has 2 atom stereocenters. The fraction of sp³-hybridized carbons (Fsp3) is 0.381. The van der Waals surface area contributed by atoms with Crippen LogP contribution in [0.5, 0.6) is 5.75 Å². The van der Waals surface area contributed by atoms with Crippen LogP contribution in [0.2, 0.25) is 0 Å². The molecule has 2 aromatic rings. The largest absolute Gasteiger partial charge is 0.497 e. The molecule has 2 aromatic carbocycles. The van der Waals surface area contributed by atoms with Gasteiger partial charge in [-0.15, -0.1) is 0 Å². The highest BCUT2D eigenvalue weighted by Crippen LogP contribution is 2.31. The Hall–Kier alpha value is -2.40. The lowest BCUT2D eigenvalue weighted by atomic mass is 9.99. The van der Waals surface area contributed by atoms with E-state index in [4.69, 9.17) is 4.74 Å². The Kier molecular flexibility index (Phi) is 4.64. The predicted molar refractivity (Wildman–Crippen MR) is 97.6 cm³/mol. The molecule has 2 aliphatic rings. The Labute approximate surface area is 153 Å². The molecule has 0 aliphatic carbocycles. The number of piperidine rings is 1. The fourth-order valence-corrected chi connectivity index (χ4v) is 4.18. The van der Waals surface area contributed by atoms with E-state index >= 15 is 0 Å². The second-order valence-electron chi connectivity index (χ2n) is 7.25. The van der Waals surface area contributed by atoms with Crippen LogP contribution in [0.1, 0.15) is 22.3 Å². The van der Waals surface area contributed by atoms with E-state index < -0.39 is 0 Å². The summed E-state index contributed by atoms with van der Waals surface area (Å²) in [6.07, 6.45) is 1.13. The quantitative estimate of drug-likeness (QED) is 0.845. The van der Waals surface area contributed by atoms with Crippen LogP contribution in [0.25, 0.3) is 0 Å². The molecule has 2 fully saturated rings. The van der Waals surface area contributed by atoms with Crippen LogP contribution in [-0.4, -0.2) is 48.5 Å². The third-order valence-corrected chi connectivity index (χ3v) is 5.43. The zero-order chi connectivity index (χ0) is 18.1. The van der Waals surface area contributed by atoms with Crippen LogP contribution in [0.3, 0.4) is 0 Å². The van der Waals surface area contributed by atoms with Gasteiger partial charge in [0.1, 0.15) is 11.6 Å². The summed E-state index contributed by atoms with van der Waals surface area (Å²) in [6, 6.07) is 14.5. The summed E-state index contributed by atoms with van der Waals surface area (Å²) in [6.45, 7) is 3.35. The van der Waals surface area contributed by atoms with Crippen molar-refractivity contribution in [1.82, 2.24) is 9.80 Å². The lowest BCUT2D eigenvalue weighted by Gasteiger charge is -2.33. The van der Waals surface area contributed by atoms with Gasteiger partial charge < -0.3 is 9.64 Å². The van der Waals surface area contributed by atoms with Gasteiger partial charge in [-0.25, -0.2) is 4.39 Å². The first-order chi connectivity index (χ1) is 12.6. The normalized spacial score (nSPS) is 22.5. The first kappa shape index (κ1) is 17.0. The van der Waals surface area contributed by atoms with Crippen molar-refractivity contribution in [2.45, 2.75) is 19.0 Å². The molecule has 5 heteroatoms. The lowest BCUT2D eigenvalue weighted by molar-refractivity contribution is 0.0667. The molecular formula is C21H23FN2O2. The maximum absolute atomic E-state index is 13.4. The average Bonchev–Trinajstić information content (AvgIpc) is 2.94. The second-order valence-corrected chi connectivity index (χ2v) is 7.25. The number of nitrogens with zero attached hydrogens (tertiary/aromatic N) is 2. The molecule has 2 aliphatic heterocycles. The highest BCUT2D eigenvalue weighted by Gasteiger charge is 2.40. The standard InChI is InChI=1S/C21H23FN2O2/c1-26-20-7-5-15(6-8-20)11-23-12-16-9-19(23)14-24(13-16)21(25)17-3-2-4-18(22)10-17/h2-8,10,16,19H,9,11-14H2,1H3/t16-,19+/m1/s1. The molecule has 2 saturated heterocycles. The summed E-state index contributed by atoms with van der Waals surface area (Å²) in [5.74, 6) is 0.924. The van der Waals surface area contributed by atoms with E-state index in [1.807, 2.05) is 17.0 Å². The van der Waals surface area contributed by atoms with Crippen molar-refractivity contribution in [3.8, 4) is 5.75 Å². The summed E-state index contributed by atoms with van der Waals surface area (Å²) in [5.41, 5.74) is 1.69. The highest BCUT2D eigenvalue weighted by atomic mass is 19.1. The smallest absolute Gasteiger partial charge is 0.254 e. The van der Waals surface area contributed by atoms with Crippen LogP contribution in [-0.2, 0) is 6.54 Å². The van der Waals surface area contributed by atoms with Gasteiger partial charge in [0.05, 0.1) is 7.11 Å². The number of amides is 1. The van der Waals surface area contributed by atoms with Crippen molar-refractivity contribution in [2.24, 2.45) is 5.92 Å². The van der Waals surface area contributed by atoms with Crippen LogP contribution < -0.4 is 4.74 Å². The van der Waals surface area contributed by atoms with Crippen LogP contribution in [0, 0.1) is 11.7 Å². The van der Waals surface area contributed by atoms with Crippen LogP contribution >= 0.6 is 0 Å². The Bertz CT molecular complexity index is 793. The monoisotopic (exact) mass is 354 g/mol. The van der Waals surface area contributed by atoms with E-state index in [9.17, 15) is 9.18 Å². The molecule has 26 heavy (non-hydrogen) atoms. The zero-order valence-electron chi connectivity index (χ0n) is 14.9. The number of carbonyl (C=O) groups excluding carboxylic acids is 1. The maximum atomic E-state index is 13.4. The van der Waals surface area contributed by atoms with Gasteiger partial charge in [-0.2, -0.15) is 0 Å². The molecule has 0 aromatic heterocycles. The second kappa shape index (κ2) is 7.08. The number of hydrogen-bond acceptors (Lipinski definition) is 3. The Morgan fingerprint density at radius 3 is 2.69 bits per heavy atom. The number of rotatable bonds is 4. The Morgan fingerprint density at radius 2 is 1.96 bits per heavy atom. The number of carbonyl (C=O) groups is 1.